The predicted octanol–water partition coefficient (Wildman–Crippen LogP) is -1.21. The maximum absolute atomic E-state index is 10.2. The van der Waals surface area contributed by atoms with Gasteiger partial charge in [0, 0.05) is 0 Å². The normalized spacial score (nSPS) is 28.4. The number of esters is 2. The lowest BCUT2D eigenvalue weighted by atomic mass is 10.3. The van der Waals surface area contributed by atoms with E-state index in [1.54, 1.807) is 0 Å². The van der Waals surface area contributed by atoms with Gasteiger partial charge in [0.1, 0.15) is 6.04 Å². The van der Waals surface area contributed by atoms with Crippen LogP contribution < -0.4 is 5.73 Å². The molecule has 0 radical (unpaired) electrons. The fourth-order valence-corrected chi connectivity index (χ4v) is 0.492. The van der Waals surface area contributed by atoms with Gasteiger partial charge in [0.05, 0.1) is 6.42 Å². The van der Waals surface area contributed by atoms with Crippen LogP contribution in [0.2, 0.25) is 0 Å². The smallest absolute Gasteiger partial charge is 0.331 e. The third kappa shape index (κ3) is 0.696. The lowest BCUT2D eigenvalue weighted by molar-refractivity contribution is -0.152. The van der Waals surface area contributed by atoms with Crippen LogP contribution in [0.4, 0.5) is 0 Å². The van der Waals surface area contributed by atoms with Crippen LogP contribution in [-0.2, 0) is 14.3 Å². The van der Waals surface area contributed by atoms with Gasteiger partial charge in [0.25, 0.3) is 0 Å². The van der Waals surface area contributed by atoms with Crippen LogP contribution in [0.15, 0.2) is 0 Å². The summed E-state index contributed by atoms with van der Waals surface area (Å²) < 4.78 is 4.07. The first kappa shape index (κ1) is 5.24. The van der Waals surface area contributed by atoms with Gasteiger partial charge >= 0.3 is 11.9 Å². The number of nitrogens with two attached hydrogens (primary N) is 1. The molecule has 1 heterocycles. The van der Waals surface area contributed by atoms with Crippen molar-refractivity contribution in [3.8, 4) is 0 Å². The van der Waals surface area contributed by atoms with Crippen LogP contribution in [0.3, 0.4) is 0 Å². The van der Waals surface area contributed by atoms with Gasteiger partial charge in [-0.1, -0.05) is 0 Å². The number of ether oxygens (including phenoxy) is 1. The van der Waals surface area contributed by atoms with Gasteiger partial charge in [0.2, 0.25) is 0 Å². The number of hydrogen-bond donors (Lipinski definition) is 1. The SMILES string of the molecule is N[C@@H]1CC(=O)OC1=O. The van der Waals surface area contributed by atoms with Crippen molar-refractivity contribution in [2.45, 2.75) is 12.5 Å². The van der Waals surface area contributed by atoms with Gasteiger partial charge in [0.15, 0.2) is 0 Å². The number of rotatable bonds is 0. The first-order valence-electron chi connectivity index (χ1n) is 2.20. The van der Waals surface area contributed by atoms with Crippen LogP contribution >= 0.6 is 0 Å². The molecule has 1 fully saturated rings. The molecular weight excluding hydrogens is 110 g/mol. The largest absolute Gasteiger partial charge is 0.392 e. The molecule has 0 unspecified atom stereocenters. The molecule has 4 nitrogen and oxygen atoms in total. The predicted molar refractivity (Wildman–Crippen MR) is 23.7 cm³/mol. The van der Waals surface area contributed by atoms with E-state index < -0.39 is 18.0 Å². The van der Waals surface area contributed by atoms with Gasteiger partial charge in [-0.2, -0.15) is 0 Å². The Kier molecular flexibility index (Phi) is 1.02. The Morgan fingerprint density at radius 1 is 1.62 bits per heavy atom. The average molecular weight is 115 g/mol. The summed E-state index contributed by atoms with van der Waals surface area (Å²) >= 11 is 0. The summed E-state index contributed by atoms with van der Waals surface area (Å²) in [4.78, 5) is 20.4. The maximum Gasteiger partial charge on any atom is 0.331 e. The van der Waals surface area contributed by atoms with E-state index in [1.165, 1.54) is 0 Å². The molecule has 2 N–H and O–H groups in total. The van der Waals surface area contributed by atoms with Gasteiger partial charge in [-0.05, 0) is 0 Å². The number of carbonyl (C=O) groups is 2. The van der Waals surface area contributed by atoms with Crippen molar-refractivity contribution in [2.75, 3.05) is 0 Å². The first-order valence-corrected chi connectivity index (χ1v) is 2.20. The Morgan fingerprint density at radius 2 is 2.25 bits per heavy atom. The molecule has 44 valence electrons. The summed E-state index contributed by atoms with van der Waals surface area (Å²) in [5.74, 6) is -1.14. The third-order valence-electron chi connectivity index (χ3n) is 0.904. The van der Waals surface area contributed by atoms with E-state index in [1.807, 2.05) is 0 Å². The van der Waals surface area contributed by atoms with Crippen molar-refractivity contribution in [2.24, 2.45) is 5.73 Å². The van der Waals surface area contributed by atoms with Crippen LogP contribution in [0.25, 0.3) is 0 Å². The Morgan fingerprint density at radius 3 is 2.38 bits per heavy atom. The van der Waals surface area contributed by atoms with Gasteiger partial charge < -0.3 is 10.5 Å². The Bertz CT molecular complexity index is 142. The molecule has 4 heteroatoms. The summed E-state index contributed by atoms with van der Waals surface area (Å²) in [6, 6.07) is -0.720. The van der Waals surface area contributed by atoms with Gasteiger partial charge in [-0.15, -0.1) is 0 Å². The van der Waals surface area contributed by atoms with Crippen LogP contribution in [0, 0.1) is 0 Å². The van der Waals surface area contributed by atoms with E-state index in [2.05, 4.69) is 4.74 Å². The van der Waals surface area contributed by atoms with Crippen LogP contribution in [-0.4, -0.2) is 18.0 Å². The molecule has 0 aromatic rings. The zero-order chi connectivity index (χ0) is 6.15. The van der Waals surface area contributed by atoms with E-state index in [-0.39, 0.29) is 6.42 Å². The average Bonchev–Trinajstić information content (AvgIpc) is 1.85. The molecule has 0 spiro atoms. The highest BCUT2D eigenvalue weighted by Gasteiger charge is 2.29. The van der Waals surface area contributed by atoms with Crippen molar-refractivity contribution in [1.82, 2.24) is 0 Å². The minimum Gasteiger partial charge on any atom is -0.392 e. The second kappa shape index (κ2) is 1.56. The van der Waals surface area contributed by atoms with E-state index in [0.29, 0.717) is 0 Å². The molecule has 1 aliphatic heterocycles. The summed E-state index contributed by atoms with van der Waals surface area (Å²) in [6.07, 6.45) is 0.0266. The molecule has 0 saturated carbocycles. The van der Waals surface area contributed by atoms with Crippen LogP contribution in [0.5, 0.6) is 0 Å². The van der Waals surface area contributed by atoms with Crippen LogP contribution in [0.1, 0.15) is 6.42 Å². The zero-order valence-electron chi connectivity index (χ0n) is 4.09. The van der Waals surface area contributed by atoms with E-state index in [4.69, 9.17) is 5.73 Å². The summed E-state index contributed by atoms with van der Waals surface area (Å²) in [7, 11) is 0. The highest BCUT2D eigenvalue weighted by molar-refractivity contribution is 5.96. The van der Waals surface area contributed by atoms with E-state index >= 15 is 0 Å². The zero-order valence-corrected chi connectivity index (χ0v) is 4.09. The van der Waals surface area contributed by atoms with E-state index in [9.17, 15) is 9.59 Å². The standard InChI is InChI=1S/C4H5NO3/c5-2-1-3(6)8-4(2)7/h2H,1,5H2/t2-/m1/s1. The minimum absolute atomic E-state index is 0.0266. The molecule has 0 bridgehead atoms. The summed E-state index contributed by atoms with van der Waals surface area (Å²) in [5.41, 5.74) is 5.07. The Labute approximate surface area is 45.6 Å². The molecule has 1 atom stereocenters. The second-order valence-electron chi connectivity index (χ2n) is 1.60. The van der Waals surface area contributed by atoms with Crippen molar-refractivity contribution < 1.29 is 14.3 Å². The fourth-order valence-electron chi connectivity index (χ4n) is 0.492. The van der Waals surface area contributed by atoms with Gasteiger partial charge in [-0.3, -0.25) is 4.79 Å². The highest BCUT2D eigenvalue weighted by atomic mass is 16.6. The Hall–Kier alpha value is -0.900. The van der Waals surface area contributed by atoms with Crippen molar-refractivity contribution in [3.63, 3.8) is 0 Å². The molecule has 1 rings (SSSR count). The number of cyclic esters (lactones) is 2. The summed E-state index contributed by atoms with van der Waals surface area (Å²) in [6.45, 7) is 0. The summed E-state index contributed by atoms with van der Waals surface area (Å²) in [5, 5.41) is 0. The molecule has 0 amide bonds. The maximum atomic E-state index is 10.2. The van der Waals surface area contributed by atoms with Crippen molar-refractivity contribution in [3.05, 3.63) is 0 Å². The molecule has 1 aliphatic rings. The number of carbonyl (C=O) groups excluding carboxylic acids is 2. The second-order valence-corrected chi connectivity index (χ2v) is 1.60. The molecule has 0 aromatic heterocycles. The van der Waals surface area contributed by atoms with Crippen molar-refractivity contribution in [1.29, 1.82) is 0 Å². The topological polar surface area (TPSA) is 69.4 Å². The van der Waals surface area contributed by atoms with E-state index in [0.717, 1.165) is 0 Å². The lowest BCUT2D eigenvalue weighted by Crippen LogP contribution is -2.24. The molecular formula is C4H5NO3. The Balaban J connectivity index is 2.64. The van der Waals surface area contributed by atoms with Gasteiger partial charge in [-0.25, -0.2) is 4.79 Å². The first-order chi connectivity index (χ1) is 3.70. The van der Waals surface area contributed by atoms with Crippen molar-refractivity contribution >= 4 is 11.9 Å². The quantitative estimate of drug-likeness (QED) is 0.317. The molecule has 8 heavy (non-hydrogen) atoms. The molecule has 0 aliphatic carbocycles. The monoisotopic (exact) mass is 115 g/mol. The number of hydrogen-bond acceptors (Lipinski definition) is 4. The lowest BCUT2D eigenvalue weighted by Gasteiger charge is -1.87. The third-order valence-corrected chi connectivity index (χ3v) is 0.904. The highest BCUT2D eigenvalue weighted by Crippen LogP contribution is 2.03. The molecule has 1 saturated heterocycles. The molecule has 0 aromatic carbocycles. The fraction of sp³-hybridized carbons (Fsp3) is 0.500. The minimum atomic E-state index is -0.720.